The number of ketones is 1. The lowest BCUT2D eigenvalue weighted by molar-refractivity contribution is 0.101. The van der Waals surface area contributed by atoms with Crippen molar-refractivity contribution in [3.05, 3.63) is 65.9 Å². The molecule has 176 valence electrons. The van der Waals surface area contributed by atoms with Crippen LogP contribution in [0.3, 0.4) is 0 Å². The molecule has 2 heterocycles. The number of carbonyl (C=O) groups is 1. The molecule has 2 aromatic carbocycles. The summed E-state index contributed by atoms with van der Waals surface area (Å²) >= 11 is 0. The maximum atomic E-state index is 12.2. The summed E-state index contributed by atoms with van der Waals surface area (Å²) < 4.78 is 7.85. The largest absolute Gasteiger partial charge is 0.495 e. The Hall–Kier alpha value is -2.63. The normalized spacial score (nSPS) is 16.6. The molecule has 0 aliphatic carbocycles. The number of ether oxygens (including phenoxy) is 1. The number of carbonyl (C=O) groups excluding carboxylic acids is 1. The van der Waals surface area contributed by atoms with Gasteiger partial charge in [-0.1, -0.05) is 49.4 Å². The molecule has 1 aliphatic heterocycles. The number of benzene rings is 2. The molecule has 0 spiro atoms. The summed E-state index contributed by atoms with van der Waals surface area (Å²) in [4.78, 5) is 17.4. The molecule has 0 radical (unpaired) electrons. The second-order valence-corrected chi connectivity index (χ2v) is 9.44. The molecule has 1 atom stereocenters. The van der Waals surface area contributed by atoms with E-state index in [-0.39, 0.29) is 5.78 Å². The Kier molecular flexibility index (Phi) is 7.84. The fraction of sp³-hybridized carbons (Fsp3) is 0.464. The van der Waals surface area contributed by atoms with Crippen molar-refractivity contribution in [2.24, 2.45) is 5.92 Å². The molecule has 0 bridgehead atoms. The van der Waals surface area contributed by atoms with Crippen LogP contribution in [0, 0.1) is 5.92 Å². The van der Waals surface area contributed by atoms with Crippen molar-refractivity contribution in [2.75, 3.05) is 46.4 Å². The second kappa shape index (κ2) is 11.0. The standard InChI is InChI=1S/C28H37N3O2/c1-22(20-31-21-26(23(2)32)25-11-7-12-27(33-3)28(25)31)19-30-15-8-14-29(17-18-30)16-13-24-9-5-4-6-10-24/h4-7,9-12,21-22H,8,13-20H2,1-3H3. The van der Waals surface area contributed by atoms with Crippen molar-refractivity contribution in [3.63, 3.8) is 0 Å². The molecule has 1 aliphatic rings. The fourth-order valence-corrected chi connectivity index (χ4v) is 5.11. The molecule has 1 fully saturated rings. The van der Waals surface area contributed by atoms with Gasteiger partial charge < -0.3 is 19.1 Å². The number of hydrogen-bond donors (Lipinski definition) is 0. The Bertz CT molecular complexity index is 1060. The third-order valence-electron chi connectivity index (χ3n) is 6.78. The Labute approximate surface area is 197 Å². The Morgan fingerprint density at radius 2 is 1.73 bits per heavy atom. The van der Waals surface area contributed by atoms with E-state index in [1.54, 1.807) is 14.0 Å². The van der Waals surface area contributed by atoms with Gasteiger partial charge in [-0.05, 0) is 50.4 Å². The van der Waals surface area contributed by atoms with E-state index in [0.29, 0.717) is 5.92 Å². The molecule has 33 heavy (non-hydrogen) atoms. The SMILES string of the molecule is COc1cccc2c(C(C)=O)cn(CC(C)CN3CCCN(CCc4ccccc4)CC3)c12. The molecule has 4 rings (SSSR count). The lowest BCUT2D eigenvalue weighted by Crippen LogP contribution is -2.35. The van der Waals surface area contributed by atoms with E-state index in [1.807, 2.05) is 24.4 Å². The Morgan fingerprint density at radius 3 is 2.48 bits per heavy atom. The summed E-state index contributed by atoms with van der Waals surface area (Å²) in [5.74, 6) is 1.40. The van der Waals surface area contributed by atoms with Crippen LogP contribution in [0.15, 0.2) is 54.7 Å². The summed E-state index contributed by atoms with van der Waals surface area (Å²) in [6.07, 6.45) is 4.36. The first kappa shape index (κ1) is 23.5. The molecule has 0 amide bonds. The first-order chi connectivity index (χ1) is 16.0. The van der Waals surface area contributed by atoms with E-state index in [2.05, 4.69) is 51.6 Å². The molecule has 5 heteroatoms. The van der Waals surface area contributed by atoms with E-state index in [1.165, 1.54) is 18.5 Å². The van der Waals surface area contributed by atoms with E-state index in [0.717, 1.165) is 67.9 Å². The van der Waals surface area contributed by atoms with Gasteiger partial charge in [0.25, 0.3) is 0 Å². The molecule has 0 saturated carbocycles. The highest BCUT2D eigenvalue weighted by atomic mass is 16.5. The maximum absolute atomic E-state index is 12.2. The van der Waals surface area contributed by atoms with E-state index >= 15 is 0 Å². The number of fused-ring (bicyclic) bond motifs is 1. The molecule has 1 saturated heterocycles. The van der Waals surface area contributed by atoms with Crippen molar-refractivity contribution in [1.82, 2.24) is 14.4 Å². The van der Waals surface area contributed by atoms with Gasteiger partial charge in [-0.3, -0.25) is 4.79 Å². The number of rotatable bonds is 9. The summed E-state index contributed by atoms with van der Waals surface area (Å²) in [7, 11) is 1.70. The van der Waals surface area contributed by atoms with Crippen LogP contribution >= 0.6 is 0 Å². The smallest absolute Gasteiger partial charge is 0.161 e. The molecule has 1 aromatic heterocycles. The van der Waals surface area contributed by atoms with Crippen LogP contribution < -0.4 is 4.74 Å². The van der Waals surface area contributed by atoms with Crippen LogP contribution in [0.25, 0.3) is 10.9 Å². The molecule has 0 N–H and O–H groups in total. The lowest BCUT2D eigenvalue weighted by Gasteiger charge is -2.25. The zero-order valence-corrected chi connectivity index (χ0v) is 20.3. The van der Waals surface area contributed by atoms with Crippen LogP contribution in [0.4, 0.5) is 0 Å². The number of hydrogen-bond acceptors (Lipinski definition) is 4. The quantitative estimate of drug-likeness (QED) is 0.444. The van der Waals surface area contributed by atoms with Gasteiger partial charge in [0.05, 0.1) is 12.6 Å². The van der Waals surface area contributed by atoms with Gasteiger partial charge >= 0.3 is 0 Å². The number of methoxy groups -OCH3 is 1. The van der Waals surface area contributed by atoms with Gasteiger partial charge in [0.2, 0.25) is 0 Å². The van der Waals surface area contributed by atoms with E-state index in [4.69, 9.17) is 4.74 Å². The zero-order chi connectivity index (χ0) is 23.2. The van der Waals surface area contributed by atoms with Gasteiger partial charge in [0.1, 0.15) is 5.75 Å². The predicted octanol–water partition coefficient (Wildman–Crippen LogP) is 4.74. The minimum Gasteiger partial charge on any atom is -0.495 e. The van der Waals surface area contributed by atoms with Crippen LogP contribution in [0.2, 0.25) is 0 Å². The van der Waals surface area contributed by atoms with E-state index in [9.17, 15) is 4.79 Å². The van der Waals surface area contributed by atoms with Crippen molar-refractivity contribution in [1.29, 1.82) is 0 Å². The fourth-order valence-electron chi connectivity index (χ4n) is 5.11. The summed E-state index contributed by atoms with van der Waals surface area (Å²) in [5.41, 5.74) is 3.23. The number of para-hydroxylation sites is 1. The highest BCUT2D eigenvalue weighted by Gasteiger charge is 2.20. The van der Waals surface area contributed by atoms with Crippen LogP contribution in [-0.4, -0.2) is 66.5 Å². The van der Waals surface area contributed by atoms with Gasteiger partial charge in [-0.15, -0.1) is 0 Å². The number of nitrogens with zero attached hydrogens (tertiary/aromatic N) is 3. The third-order valence-corrected chi connectivity index (χ3v) is 6.78. The van der Waals surface area contributed by atoms with Crippen molar-refractivity contribution >= 4 is 16.7 Å². The summed E-state index contributed by atoms with van der Waals surface area (Å²) in [6.45, 7) is 11.6. The molecular weight excluding hydrogens is 410 g/mol. The molecular formula is C28H37N3O2. The molecule has 1 unspecified atom stereocenters. The van der Waals surface area contributed by atoms with Gasteiger partial charge in [-0.25, -0.2) is 0 Å². The van der Waals surface area contributed by atoms with Gasteiger partial charge in [-0.2, -0.15) is 0 Å². The molecule has 3 aromatic rings. The number of aromatic nitrogens is 1. The van der Waals surface area contributed by atoms with Crippen molar-refractivity contribution in [2.45, 2.75) is 33.2 Å². The van der Waals surface area contributed by atoms with Crippen LogP contribution in [-0.2, 0) is 13.0 Å². The average molecular weight is 448 g/mol. The third kappa shape index (κ3) is 5.84. The summed E-state index contributed by atoms with van der Waals surface area (Å²) in [6, 6.07) is 16.8. The van der Waals surface area contributed by atoms with Crippen molar-refractivity contribution in [3.8, 4) is 5.75 Å². The minimum absolute atomic E-state index is 0.0998. The topological polar surface area (TPSA) is 37.7 Å². The number of Topliss-reactive ketones (excluding diaryl/α,β-unsaturated/α-hetero) is 1. The molecule has 5 nitrogen and oxygen atoms in total. The Balaban J connectivity index is 1.36. The first-order valence-electron chi connectivity index (χ1n) is 12.2. The van der Waals surface area contributed by atoms with E-state index < -0.39 is 0 Å². The second-order valence-electron chi connectivity index (χ2n) is 9.44. The highest BCUT2D eigenvalue weighted by molar-refractivity contribution is 6.08. The average Bonchev–Trinajstić information content (AvgIpc) is 3.04. The predicted molar refractivity (Wildman–Crippen MR) is 135 cm³/mol. The first-order valence-corrected chi connectivity index (χ1v) is 12.2. The van der Waals surface area contributed by atoms with Gasteiger partial charge in [0.15, 0.2) is 5.78 Å². The monoisotopic (exact) mass is 447 g/mol. The van der Waals surface area contributed by atoms with Gasteiger partial charge in [0, 0.05) is 49.9 Å². The van der Waals surface area contributed by atoms with Crippen LogP contribution in [0.1, 0.15) is 36.2 Å². The minimum atomic E-state index is 0.0998. The summed E-state index contributed by atoms with van der Waals surface area (Å²) in [5, 5.41) is 0.984. The Morgan fingerprint density at radius 1 is 0.970 bits per heavy atom. The maximum Gasteiger partial charge on any atom is 0.161 e. The van der Waals surface area contributed by atoms with Crippen LogP contribution in [0.5, 0.6) is 5.75 Å². The zero-order valence-electron chi connectivity index (χ0n) is 20.3. The van der Waals surface area contributed by atoms with Crippen molar-refractivity contribution < 1.29 is 9.53 Å². The lowest BCUT2D eigenvalue weighted by atomic mass is 10.1. The highest BCUT2D eigenvalue weighted by Crippen LogP contribution is 2.31.